The highest BCUT2D eigenvalue weighted by atomic mass is 79.9. The summed E-state index contributed by atoms with van der Waals surface area (Å²) in [6.07, 6.45) is 2.33. The maximum absolute atomic E-state index is 12.2. The largest absolute Gasteiger partial charge is 0.338 e. The molecule has 1 aromatic heterocycles. The molecule has 0 aromatic carbocycles. The predicted molar refractivity (Wildman–Crippen MR) is 71.5 cm³/mol. The molecule has 1 amide bonds. The van der Waals surface area contributed by atoms with Gasteiger partial charge in [0, 0.05) is 23.8 Å². The molecular formula is C12H16BrNOS. The fraction of sp³-hybridized carbons (Fsp3) is 0.583. The van der Waals surface area contributed by atoms with E-state index in [9.17, 15) is 4.79 Å². The molecular weight excluding hydrogens is 286 g/mol. The van der Waals surface area contributed by atoms with Crippen molar-refractivity contribution in [3.63, 3.8) is 0 Å². The molecule has 2 heterocycles. The van der Waals surface area contributed by atoms with Gasteiger partial charge in [0.25, 0.3) is 5.91 Å². The molecule has 0 aliphatic carbocycles. The summed E-state index contributed by atoms with van der Waals surface area (Å²) in [4.78, 5) is 14.2. The number of likely N-dealkylation sites (tertiary alicyclic amines) is 1. The number of hydrogen-bond donors (Lipinski definition) is 0. The van der Waals surface area contributed by atoms with Crippen molar-refractivity contribution in [1.29, 1.82) is 0 Å². The monoisotopic (exact) mass is 301 g/mol. The highest BCUT2D eigenvalue weighted by Crippen LogP contribution is 2.24. The van der Waals surface area contributed by atoms with Gasteiger partial charge in [0.05, 0.1) is 5.56 Å². The van der Waals surface area contributed by atoms with Crippen molar-refractivity contribution < 1.29 is 4.79 Å². The summed E-state index contributed by atoms with van der Waals surface area (Å²) in [5.74, 6) is 0.901. The average molecular weight is 302 g/mol. The van der Waals surface area contributed by atoms with Gasteiger partial charge in [-0.3, -0.25) is 4.79 Å². The fourth-order valence-corrected chi connectivity index (χ4v) is 3.63. The minimum atomic E-state index is 0.218. The smallest absolute Gasteiger partial charge is 0.254 e. The maximum Gasteiger partial charge on any atom is 0.254 e. The number of amides is 1. The molecule has 1 aromatic rings. The summed E-state index contributed by atoms with van der Waals surface area (Å²) >= 11 is 5.07. The average Bonchev–Trinajstić information content (AvgIpc) is 2.87. The minimum absolute atomic E-state index is 0.218. The first-order chi connectivity index (χ1) is 7.72. The lowest BCUT2D eigenvalue weighted by Crippen LogP contribution is -2.28. The number of aryl methyl sites for hydroxylation is 1. The van der Waals surface area contributed by atoms with E-state index >= 15 is 0 Å². The molecule has 1 atom stereocenters. The molecule has 2 rings (SSSR count). The number of hydrogen-bond acceptors (Lipinski definition) is 2. The van der Waals surface area contributed by atoms with Crippen molar-refractivity contribution in [3.8, 4) is 0 Å². The fourth-order valence-electron chi connectivity index (χ4n) is 2.16. The van der Waals surface area contributed by atoms with E-state index in [1.807, 2.05) is 22.6 Å². The summed E-state index contributed by atoms with van der Waals surface area (Å²) < 4.78 is 0. The molecule has 0 saturated carbocycles. The van der Waals surface area contributed by atoms with E-state index in [0.29, 0.717) is 5.92 Å². The van der Waals surface area contributed by atoms with E-state index in [0.717, 1.165) is 36.0 Å². The van der Waals surface area contributed by atoms with Crippen molar-refractivity contribution in [2.75, 3.05) is 18.4 Å². The number of nitrogens with zero attached hydrogens (tertiary/aromatic N) is 1. The Bertz CT molecular complexity index is 377. The molecule has 0 bridgehead atoms. The Morgan fingerprint density at radius 3 is 3.06 bits per heavy atom. The summed E-state index contributed by atoms with van der Waals surface area (Å²) in [5.41, 5.74) is 2.00. The lowest BCUT2D eigenvalue weighted by molar-refractivity contribution is 0.0787. The van der Waals surface area contributed by atoms with E-state index in [-0.39, 0.29) is 5.91 Å². The van der Waals surface area contributed by atoms with Gasteiger partial charge in [-0.25, -0.2) is 0 Å². The number of alkyl halides is 1. The maximum atomic E-state index is 12.2. The first kappa shape index (κ1) is 12.1. The quantitative estimate of drug-likeness (QED) is 0.785. The normalized spacial score (nSPS) is 20.4. The molecule has 1 fully saturated rings. The van der Waals surface area contributed by atoms with Crippen molar-refractivity contribution in [3.05, 3.63) is 21.9 Å². The van der Waals surface area contributed by atoms with Crippen molar-refractivity contribution in [2.24, 2.45) is 5.92 Å². The standard InChI is InChI=1S/C12H16BrNOS/c1-9-7-16-8-11(9)12(15)14-5-3-10(6-14)2-4-13/h7-8,10H,2-6H2,1H3. The van der Waals surface area contributed by atoms with Gasteiger partial charge in [0.1, 0.15) is 0 Å². The van der Waals surface area contributed by atoms with Crippen LogP contribution in [0.1, 0.15) is 28.8 Å². The van der Waals surface area contributed by atoms with Crippen molar-refractivity contribution in [2.45, 2.75) is 19.8 Å². The van der Waals surface area contributed by atoms with Gasteiger partial charge in [-0.15, -0.1) is 0 Å². The van der Waals surface area contributed by atoms with Crippen LogP contribution >= 0.6 is 27.3 Å². The van der Waals surface area contributed by atoms with Crippen LogP contribution in [-0.2, 0) is 0 Å². The first-order valence-electron chi connectivity index (χ1n) is 5.60. The van der Waals surface area contributed by atoms with E-state index < -0.39 is 0 Å². The molecule has 1 unspecified atom stereocenters. The van der Waals surface area contributed by atoms with E-state index in [1.165, 1.54) is 6.42 Å². The number of carbonyl (C=O) groups is 1. The van der Waals surface area contributed by atoms with Gasteiger partial charge in [0.15, 0.2) is 0 Å². The molecule has 2 nitrogen and oxygen atoms in total. The Hall–Kier alpha value is -0.350. The Labute approximate surface area is 109 Å². The highest BCUT2D eigenvalue weighted by molar-refractivity contribution is 9.09. The number of thiophene rings is 1. The van der Waals surface area contributed by atoms with Crippen molar-refractivity contribution >= 4 is 33.2 Å². The van der Waals surface area contributed by atoms with Crippen LogP contribution in [0.25, 0.3) is 0 Å². The van der Waals surface area contributed by atoms with Crippen LogP contribution in [-0.4, -0.2) is 29.2 Å². The third-order valence-corrected chi connectivity index (χ3v) is 4.50. The topological polar surface area (TPSA) is 20.3 Å². The Morgan fingerprint density at radius 1 is 1.62 bits per heavy atom. The zero-order valence-electron chi connectivity index (χ0n) is 9.41. The predicted octanol–water partition coefficient (Wildman–Crippen LogP) is 3.30. The van der Waals surface area contributed by atoms with Crippen LogP contribution in [0.2, 0.25) is 0 Å². The number of halogens is 1. The zero-order valence-corrected chi connectivity index (χ0v) is 11.8. The lowest BCUT2D eigenvalue weighted by Gasteiger charge is -2.16. The van der Waals surface area contributed by atoms with Crippen LogP contribution in [0, 0.1) is 12.8 Å². The first-order valence-corrected chi connectivity index (χ1v) is 7.67. The van der Waals surface area contributed by atoms with Gasteiger partial charge in [-0.05, 0) is 36.6 Å². The number of carbonyl (C=O) groups excluding carboxylic acids is 1. The molecule has 0 radical (unpaired) electrons. The Kier molecular flexibility index (Phi) is 4.03. The van der Waals surface area contributed by atoms with Crippen LogP contribution in [0.15, 0.2) is 10.8 Å². The van der Waals surface area contributed by atoms with E-state index in [2.05, 4.69) is 15.9 Å². The molecule has 4 heteroatoms. The number of rotatable bonds is 3. The SMILES string of the molecule is Cc1cscc1C(=O)N1CCC(CCBr)C1. The van der Waals surface area contributed by atoms with Gasteiger partial charge >= 0.3 is 0 Å². The summed E-state index contributed by atoms with van der Waals surface area (Å²) in [6, 6.07) is 0. The molecule has 0 N–H and O–H groups in total. The van der Waals surface area contributed by atoms with E-state index in [1.54, 1.807) is 11.3 Å². The second-order valence-electron chi connectivity index (χ2n) is 4.35. The van der Waals surface area contributed by atoms with Gasteiger partial charge in [0.2, 0.25) is 0 Å². The summed E-state index contributed by atoms with van der Waals surface area (Å²) in [6.45, 7) is 3.86. The van der Waals surface area contributed by atoms with Crippen LogP contribution in [0.5, 0.6) is 0 Å². The molecule has 1 saturated heterocycles. The minimum Gasteiger partial charge on any atom is -0.338 e. The van der Waals surface area contributed by atoms with Crippen molar-refractivity contribution in [1.82, 2.24) is 4.90 Å². The summed E-state index contributed by atoms with van der Waals surface area (Å²) in [7, 11) is 0. The van der Waals surface area contributed by atoms with Gasteiger partial charge in [-0.1, -0.05) is 15.9 Å². The van der Waals surface area contributed by atoms with Crippen LogP contribution in [0.3, 0.4) is 0 Å². The third-order valence-electron chi connectivity index (χ3n) is 3.18. The molecule has 0 spiro atoms. The van der Waals surface area contributed by atoms with Gasteiger partial charge in [-0.2, -0.15) is 11.3 Å². The summed E-state index contributed by atoms with van der Waals surface area (Å²) in [5, 5.41) is 5.05. The molecule has 1 aliphatic heterocycles. The van der Waals surface area contributed by atoms with Gasteiger partial charge < -0.3 is 4.90 Å². The zero-order chi connectivity index (χ0) is 11.5. The van der Waals surface area contributed by atoms with Crippen LogP contribution in [0.4, 0.5) is 0 Å². The second-order valence-corrected chi connectivity index (χ2v) is 5.89. The third kappa shape index (κ3) is 2.48. The van der Waals surface area contributed by atoms with E-state index in [4.69, 9.17) is 0 Å². The lowest BCUT2D eigenvalue weighted by atomic mass is 10.1. The molecule has 16 heavy (non-hydrogen) atoms. The Morgan fingerprint density at radius 2 is 2.44 bits per heavy atom. The Balaban J connectivity index is 2.00. The molecule has 1 aliphatic rings. The second kappa shape index (κ2) is 5.32. The highest BCUT2D eigenvalue weighted by Gasteiger charge is 2.27. The molecule has 88 valence electrons. The van der Waals surface area contributed by atoms with Crippen LogP contribution < -0.4 is 0 Å².